The molecule has 1 N–H and O–H groups in total. The van der Waals surface area contributed by atoms with Crippen LogP contribution in [-0.4, -0.2) is 6.54 Å². The van der Waals surface area contributed by atoms with E-state index in [9.17, 15) is 0 Å². The second kappa shape index (κ2) is 5.76. The van der Waals surface area contributed by atoms with E-state index in [1.807, 2.05) is 19.9 Å². The lowest BCUT2D eigenvalue weighted by molar-refractivity contribution is 0.436. The number of aryl methyl sites for hydroxylation is 2. The van der Waals surface area contributed by atoms with Crippen LogP contribution >= 0.6 is 15.9 Å². The zero-order valence-corrected chi connectivity index (χ0v) is 12.5. The normalized spacial score (nSPS) is 12.9. The minimum absolute atomic E-state index is 0.0341. The Morgan fingerprint density at radius 2 is 2.17 bits per heavy atom. The van der Waals surface area contributed by atoms with E-state index in [1.165, 1.54) is 0 Å². The molecule has 1 unspecified atom stereocenters. The Morgan fingerprint density at radius 1 is 1.39 bits per heavy atom. The summed E-state index contributed by atoms with van der Waals surface area (Å²) >= 11 is 3.52. The first-order valence-electron chi connectivity index (χ1n) is 6.16. The Balaban J connectivity index is 2.37. The fraction of sp³-hybridized carbons (Fsp3) is 0.429. The van der Waals surface area contributed by atoms with E-state index in [1.54, 1.807) is 6.26 Å². The molecule has 3 nitrogen and oxygen atoms in total. The lowest BCUT2D eigenvalue weighted by Crippen LogP contribution is -2.23. The first-order valence-corrected chi connectivity index (χ1v) is 6.96. The van der Waals surface area contributed by atoms with Crippen LogP contribution in [0.1, 0.15) is 42.2 Å². The first kappa shape index (κ1) is 13.4. The van der Waals surface area contributed by atoms with Gasteiger partial charge in [0.25, 0.3) is 0 Å². The molecule has 98 valence electrons. The SMILES string of the molecule is CCCNC(c1cc(C)oc1C)c1occc1Br. The maximum Gasteiger partial charge on any atom is 0.139 e. The van der Waals surface area contributed by atoms with E-state index in [4.69, 9.17) is 8.83 Å². The van der Waals surface area contributed by atoms with Crippen molar-refractivity contribution in [2.75, 3.05) is 6.54 Å². The summed E-state index contributed by atoms with van der Waals surface area (Å²) in [6.45, 7) is 7.03. The van der Waals surface area contributed by atoms with Crippen molar-refractivity contribution in [3.05, 3.63) is 45.7 Å². The predicted molar refractivity (Wildman–Crippen MR) is 74.7 cm³/mol. The number of rotatable bonds is 5. The smallest absolute Gasteiger partial charge is 0.139 e. The van der Waals surface area contributed by atoms with Crippen molar-refractivity contribution in [2.24, 2.45) is 0 Å². The van der Waals surface area contributed by atoms with Crippen molar-refractivity contribution in [3.8, 4) is 0 Å². The van der Waals surface area contributed by atoms with E-state index >= 15 is 0 Å². The Bertz CT molecular complexity index is 516. The van der Waals surface area contributed by atoms with E-state index in [-0.39, 0.29) is 6.04 Å². The summed E-state index contributed by atoms with van der Waals surface area (Å²) < 4.78 is 12.2. The summed E-state index contributed by atoms with van der Waals surface area (Å²) in [6.07, 6.45) is 2.77. The zero-order chi connectivity index (χ0) is 13.1. The summed E-state index contributed by atoms with van der Waals surface area (Å²) in [4.78, 5) is 0. The highest BCUT2D eigenvalue weighted by Crippen LogP contribution is 2.32. The quantitative estimate of drug-likeness (QED) is 0.892. The molecule has 0 aliphatic heterocycles. The standard InChI is InChI=1S/C14H18BrNO2/c1-4-6-16-13(14-12(15)5-7-17-14)11-8-9(2)18-10(11)3/h5,7-8,13,16H,4,6H2,1-3H3. The molecule has 0 aromatic carbocycles. The molecular formula is C14H18BrNO2. The third kappa shape index (κ3) is 2.70. The van der Waals surface area contributed by atoms with Gasteiger partial charge in [-0.3, -0.25) is 0 Å². The topological polar surface area (TPSA) is 38.3 Å². The molecule has 2 aromatic rings. The van der Waals surface area contributed by atoms with Crippen molar-refractivity contribution in [2.45, 2.75) is 33.2 Å². The van der Waals surface area contributed by atoms with Crippen molar-refractivity contribution < 1.29 is 8.83 Å². The molecule has 4 heteroatoms. The highest BCUT2D eigenvalue weighted by molar-refractivity contribution is 9.10. The molecular weight excluding hydrogens is 294 g/mol. The van der Waals surface area contributed by atoms with Crippen LogP contribution in [0.25, 0.3) is 0 Å². The maximum absolute atomic E-state index is 5.62. The molecule has 0 aliphatic carbocycles. The van der Waals surface area contributed by atoms with Gasteiger partial charge >= 0.3 is 0 Å². The summed E-state index contributed by atoms with van der Waals surface area (Å²) in [7, 11) is 0. The molecule has 0 amide bonds. The monoisotopic (exact) mass is 311 g/mol. The van der Waals surface area contributed by atoms with Crippen LogP contribution in [0.5, 0.6) is 0 Å². The molecule has 0 fully saturated rings. The predicted octanol–water partition coefficient (Wildman–Crippen LogP) is 4.34. The maximum atomic E-state index is 5.62. The lowest BCUT2D eigenvalue weighted by atomic mass is 10.0. The van der Waals surface area contributed by atoms with Gasteiger partial charge in [-0.2, -0.15) is 0 Å². The van der Waals surface area contributed by atoms with Crippen LogP contribution in [0, 0.1) is 13.8 Å². The highest BCUT2D eigenvalue weighted by atomic mass is 79.9. The molecule has 1 atom stereocenters. The van der Waals surface area contributed by atoms with Crippen LogP contribution in [-0.2, 0) is 0 Å². The summed E-state index contributed by atoms with van der Waals surface area (Å²) in [6, 6.07) is 4.02. The van der Waals surface area contributed by atoms with Gasteiger partial charge in [-0.15, -0.1) is 0 Å². The zero-order valence-electron chi connectivity index (χ0n) is 10.9. The number of furan rings is 2. The van der Waals surface area contributed by atoms with E-state index in [0.717, 1.165) is 40.3 Å². The second-order valence-corrected chi connectivity index (χ2v) is 5.24. The summed E-state index contributed by atoms with van der Waals surface area (Å²) in [5.41, 5.74) is 1.14. The van der Waals surface area contributed by atoms with Crippen molar-refractivity contribution in [1.29, 1.82) is 0 Å². The van der Waals surface area contributed by atoms with Crippen molar-refractivity contribution >= 4 is 15.9 Å². The first-order chi connectivity index (χ1) is 8.63. The van der Waals surface area contributed by atoms with Gasteiger partial charge in [0.1, 0.15) is 17.3 Å². The van der Waals surface area contributed by atoms with Crippen molar-refractivity contribution in [3.63, 3.8) is 0 Å². The summed E-state index contributed by atoms with van der Waals surface area (Å²) in [5.74, 6) is 2.75. The Kier molecular flexibility index (Phi) is 4.30. The van der Waals surface area contributed by atoms with Gasteiger partial charge in [0.15, 0.2) is 0 Å². The van der Waals surface area contributed by atoms with Gasteiger partial charge in [-0.25, -0.2) is 0 Å². The van der Waals surface area contributed by atoms with Gasteiger partial charge in [-0.1, -0.05) is 6.92 Å². The Labute approximate surface area is 116 Å². The average molecular weight is 312 g/mol. The fourth-order valence-electron chi connectivity index (χ4n) is 2.08. The van der Waals surface area contributed by atoms with Crippen LogP contribution in [0.4, 0.5) is 0 Å². The third-order valence-electron chi connectivity index (χ3n) is 2.90. The molecule has 0 bridgehead atoms. The number of nitrogens with one attached hydrogen (secondary N) is 1. The molecule has 0 saturated carbocycles. The second-order valence-electron chi connectivity index (χ2n) is 4.39. The van der Waals surface area contributed by atoms with Crippen LogP contribution in [0.3, 0.4) is 0 Å². The Morgan fingerprint density at radius 3 is 2.67 bits per heavy atom. The third-order valence-corrected chi connectivity index (χ3v) is 3.55. The van der Waals surface area contributed by atoms with Gasteiger partial charge < -0.3 is 14.2 Å². The number of hydrogen-bond donors (Lipinski definition) is 1. The van der Waals surface area contributed by atoms with Crippen molar-refractivity contribution in [1.82, 2.24) is 5.32 Å². The molecule has 0 saturated heterocycles. The Hall–Kier alpha value is -1.00. The highest BCUT2D eigenvalue weighted by Gasteiger charge is 2.23. The van der Waals surface area contributed by atoms with Gasteiger partial charge in [0, 0.05) is 5.56 Å². The largest absolute Gasteiger partial charge is 0.466 e. The molecule has 2 heterocycles. The van der Waals surface area contributed by atoms with E-state index in [2.05, 4.69) is 34.2 Å². The average Bonchev–Trinajstić information content (AvgIpc) is 2.87. The molecule has 0 radical (unpaired) electrons. The molecule has 2 rings (SSSR count). The van der Waals surface area contributed by atoms with E-state index in [0.29, 0.717) is 0 Å². The van der Waals surface area contributed by atoms with Crippen LogP contribution in [0.2, 0.25) is 0 Å². The number of hydrogen-bond acceptors (Lipinski definition) is 3. The summed E-state index contributed by atoms with van der Waals surface area (Å²) in [5, 5.41) is 3.50. The molecule has 2 aromatic heterocycles. The van der Waals surface area contributed by atoms with Crippen LogP contribution in [0.15, 0.2) is 31.7 Å². The van der Waals surface area contributed by atoms with Gasteiger partial charge in [-0.05, 0) is 54.9 Å². The molecule has 0 aliphatic rings. The minimum Gasteiger partial charge on any atom is -0.466 e. The molecule has 18 heavy (non-hydrogen) atoms. The van der Waals surface area contributed by atoms with Gasteiger partial charge in [0.2, 0.25) is 0 Å². The van der Waals surface area contributed by atoms with Gasteiger partial charge in [0.05, 0.1) is 16.8 Å². The van der Waals surface area contributed by atoms with Crippen LogP contribution < -0.4 is 5.32 Å². The van der Waals surface area contributed by atoms with E-state index < -0.39 is 0 Å². The minimum atomic E-state index is 0.0341. The number of halogens is 1. The lowest BCUT2D eigenvalue weighted by Gasteiger charge is -2.16. The fourth-order valence-corrected chi connectivity index (χ4v) is 2.51. The molecule has 0 spiro atoms.